The van der Waals surface area contributed by atoms with Crippen LogP contribution in [0.1, 0.15) is 6.92 Å². The van der Waals surface area contributed by atoms with E-state index >= 15 is 0 Å². The van der Waals surface area contributed by atoms with Crippen LogP contribution >= 0.6 is 23.5 Å². The highest BCUT2D eigenvalue weighted by molar-refractivity contribution is 8.15. The number of hydrogen-bond acceptors (Lipinski definition) is 3. The van der Waals surface area contributed by atoms with Crippen LogP contribution in [-0.4, -0.2) is 28.8 Å². The molecule has 0 bridgehead atoms. The summed E-state index contributed by atoms with van der Waals surface area (Å²) >= 11 is 3.78. The van der Waals surface area contributed by atoms with Gasteiger partial charge in [-0.15, -0.1) is 23.5 Å². The fourth-order valence-electron chi connectivity index (χ4n) is 0.816. The molecule has 0 fully saturated rings. The van der Waals surface area contributed by atoms with Gasteiger partial charge in [0, 0.05) is 17.5 Å². The van der Waals surface area contributed by atoms with Crippen LogP contribution in [-0.2, 0) is 0 Å². The second-order valence-electron chi connectivity index (χ2n) is 1.94. The average Bonchev–Trinajstić information content (AvgIpc) is 1.89. The standard InChI is InChI=1S/C6H11NS2/c1-5-6(8-2)7-3-4-9-5/h5H,3-4H2,1-2H3/t5-/m0/s1. The molecule has 3 heteroatoms. The molecule has 1 rings (SSSR count). The fraction of sp³-hybridized carbons (Fsp3) is 0.833. The van der Waals surface area contributed by atoms with Crippen LogP contribution in [0.15, 0.2) is 4.99 Å². The zero-order valence-electron chi connectivity index (χ0n) is 5.76. The largest absolute Gasteiger partial charge is 0.281 e. The van der Waals surface area contributed by atoms with Gasteiger partial charge in [-0.05, 0) is 13.2 Å². The summed E-state index contributed by atoms with van der Waals surface area (Å²) in [4.78, 5) is 4.39. The molecule has 0 aromatic rings. The van der Waals surface area contributed by atoms with E-state index in [-0.39, 0.29) is 0 Å². The molecule has 9 heavy (non-hydrogen) atoms. The summed E-state index contributed by atoms with van der Waals surface area (Å²) in [6, 6.07) is 0. The highest BCUT2D eigenvalue weighted by atomic mass is 32.2. The Kier molecular flexibility index (Phi) is 2.92. The summed E-state index contributed by atoms with van der Waals surface area (Å²) in [6.07, 6.45) is 2.10. The van der Waals surface area contributed by atoms with E-state index in [1.54, 1.807) is 11.8 Å². The van der Waals surface area contributed by atoms with Crippen molar-refractivity contribution in [3.63, 3.8) is 0 Å². The SMILES string of the molecule is CSC1=NCCS[C@H]1C. The highest BCUT2D eigenvalue weighted by Gasteiger charge is 2.12. The van der Waals surface area contributed by atoms with Gasteiger partial charge in [0.25, 0.3) is 0 Å². The van der Waals surface area contributed by atoms with Crippen LogP contribution in [0.4, 0.5) is 0 Å². The third-order valence-corrected chi connectivity index (χ3v) is 3.48. The van der Waals surface area contributed by atoms with E-state index in [0.717, 1.165) is 6.54 Å². The molecular weight excluding hydrogens is 150 g/mol. The molecule has 0 aromatic heterocycles. The third-order valence-electron chi connectivity index (χ3n) is 1.28. The van der Waals surface area contributed by atoms with Crippen LogP contribution in [0.25, 0.3) is 0 Å². The number of aliphatic imine (C=N–C) groups is 1. The molecule has 0 amide bonds. The van der Waals surface area contributed by atoms with Gasteiger partial charge in [-0.1, -0.05) is 0 Å². The minimum absolute atomic E-state index is 0.647. The van der Waals surface area contributed by atoms with E-state index in [0.29, 0.717) is 5.25 Å². The van der Waals surface area contributed by atoms with Gasteiger partial charge in [0.1, 0.15) is 0 Å². The molecule has 52 valence electrons. The van der Waals surface area contributed by atoms with Crippen LogP contribution in [0, 0.1) is 0 Å². The van der Waals surface area contributed by atoms with Crippen LogP contribution in [0.5, 0.6) is 0 Å². The minimum atomic E-state index is 0.647. The molecule has 1 aliphatic rings. The number of thioether (sulfide) groups is 2. The smallest absolute Gasteiger partial charge is 0.0801 e. The summed E-state index contributed by atoms with van der Waals surface area (Å²) in [5, 5.41) is 1.96. The lowest BCUT2D eigenvalue weighted by molar-refractivity contribution is 1.10. The van der Waals surface area contributed by atoms with Crippen LogP contribution in [0.2, 0.25) is 0 Å². The Morgan fingerprint density at radius 1 is 1.78 bits per heavy atom. The quantitative estimate of drug-likeness (QED) is 0.538. The van der Waals surface area contributed by atoms with Gasteiger partial charge in [-0.25, -0.2) is 0 Å². The van der Waals surface area contributed by atoms with Gasteiger partial charge in [-0.2, -0.15) is 0 Å². The Balaban J connectivity index is 2.53. The van der Waals surface area contributed by atoms with E-state index in [1.807, 2.05) is 11.8 Å². The highest BCUT2D eigenvalue weighted by Crippen LogP contribution is 2.21. The van der Waals surface area contributed by atoms with Gasteiger partial charge in [0.15, 0.2) is 0 Å². The van der Waals surface area contributed by atoms with Gasteiger partial charge in [0.2, 0.25) is 0 Å². The van der Waals surface area contributed by atoms with Crippen molar-refractivity contribution in [1.29, 1.82) is 0 Å². The molecule has 0 radical (unpaired) electrons. The van der Waals surface area contributed by atoms with Crippen molar-refractivity contribution in [3.8, 4) is 0 Å². The van der Waals surface area contributed by atoms with E-state index in [4.69, 9.17) is 0 Å². The first-order chi connectivity index (χ1) is 4.34. The van der Waals surface area contributed by atoms with Crippen molar-refractivity contribution in [2.24, 2.45) is 4.99 Å². The fourth-order valence-corrected chi connectivity index (χ4v) is 2.63. The molecule has 0 aliphatic carbocycles. The Bertz CT molecular complexity index is 122. The van der Waals surface area contributed by atoms with Crippen molar-refractivity contribution in [2.75, 3.05) is 18.6 Å². The predicted molar refractivity (Wildman–Crippen MR) is 47.7 cm³/mol. The maximum atomic E-state index is 4.39. The summed E-state index contributed by atoms with van der Waals surface area (Å²) in [5.41, 5.74) is 0. The van der Waals surface area contributed by atoms with E-state index in [9.17, 15) is 0 Å². The zero-order valence-corrected chi connectivity index (χ0v) is 7.39. The van der Waals surface area contributed by atoms with Crippen molar-refractivity contribution in [3.05, 3.63) is 0 Å². The lowest BCUT2D eigenvalue weighted by Crippen LogP contribution is -2.16. The predicted octanol–water partition coefficient (Wildman–Crippen LogP) is 1.88. The topological polar surface area (TPSA) is 12.4 Å². The minimum Gasteiger partial charge on any atom is -0.281 e. The first kappa shape index (κ1) is 7.48. The van der Waals surface area contributed by atoms with Gasteiger partial charge in [0.05, 0.1) is 5.04 Å². The first-order valence-corrected chi connectivity index (χ1v) is 5.32. The van der Waals surface area contributed by atoms with Crippen molar-refractivity contribution in [1.82, 2.24) is 0 Å². The Hall–Kier alpha value is 0.370. The van der Waals surface area contributed by atoms with Gasteiger partial charge < -0.3 is 0 Å². The second kappa shape index (κ2) is 3.52. The number of hydrogen-bond donors (Lipinski definition) is 0. The molecule has 0 saturated carbocycles. The third kappa shape index (κ3) is 1.90. The van der Waals surface area contributed by atoms with Crippen LogP contribution < -0.4 is 0 Å². The van der Waals surface area contributed by atoms with E-state index in [1.165, 1.54) is 10.8 Å². The normalized spacial score (nSPS) is 27.8. The zero-order chi connectivity index (χ0) is 6.69. The molecule has 0 spiro atoms. The van der Waals surface area contributed by atoms with Gasteiger partial charge in [-0.3, -0.25) is 4.99 Å². The molecular formula is C6H11NS2. The molecule has 0 saturated heterocycles. The average molecular weight is 161 g/mol. The van der Waals surface area contributed by atoms with E-state index in [2.05, 4.69) is 18.2 Å². The van der Waals surface area contributed by atoms with Crippen LogP contribution in [0.3, 0.4) is 0 Å². The maximum absolute atomic E-state index is 4.39. The lowest BCUT2D eigenvalue weighted by atomic mass is 10.5. The van der Waals surface area contributed by atoms with Gasteiger partial charge >= 0.3 is 0 Å². The monoisotopic (exact) mass is 161 g/mol. The Labute approximate surface area is 64.7 Å². The first-order valence-electron chi connectivity index (χ1n) is 3.04. The summed E-state index contributed by atoms with van der Waals surface area (Å²) in [6.45, 7) is 3.24. The Morgan fingerprint density at radius 2 is 2.56 bits per heavy atom. The molecule has 0 aromatic carbocycles. The summed E-state index contributed by atoms with van der Waals surface area (Å²) < 4.78 is 0. The Morgan fingerprint density at radius 3 is 3.00 bits per heavy atom. The molecule has 1 nitrogen and oxygen atoms in total. The number of rotatable bonds is 0. The van der Waals surface area contributed by atoms with Crippen molar-refractivity contribution >= 4 is 28.6 Å². The molecule has 1 aliphatic heterocycles. The molecule has 1 atom stereocenters. The molecule has 0 unspecified atom stereocenters. The summed E-state index contributed by atoms with van der Waals surface area (Å²) in [7, 11) is 0. The second-order valence-corrected chi connectivity index (χ2v) is 4.21. The number of nitrogens with zero attached hydrogens (tertiary/aromatic N) is 1. The maximum Gasteiger partial charge on any atom is 0.0801 e. The molecule has 0 N–H and O–H groups in total. The van der Waals surface area contributed by atoms with E-state index < -0.39 is 0 Å². The van der Waals surface area contributed by atoms with Crippen molar-refractivity contribution < 1.29 is 0 Å². The molecule has 1 heterocycles. The van der Waals surface area contributed by atoms with Crippen molar-refractivity contribution in [2.45, 2.75) is 12.2 Å². The lowest BCUT2D eigenvalue weighted by Gasteiger charge is -2.16. The summed E-state index contributed by atoms with van der Waals surface area (Å²) in [5.74, 6) is 1.20.